The van der Waals surface area contributed by atoms with Gasteiger partial charge < -0.3 is 15.1 Å². The Morgan fingerprint density at radius 1 is 1.53 bits per heavy atom. The van der Waals surface area contributed by atoms with Gasteiger partial charge in [-0.1, -0.05) is 6.92 Å². The minimum Gasteiger partial charge on any atom is -0.464 e. The monoisotopic (exact) mass is 264 g/mol. The number of hydrogen-bond donors (Lipinski definition) is 1. The maximum absolute atomic E-state index is 12.0. The summed E-state index contributed by atoms with van der Waals surface area (Å²) in [5, 5.41) is 0. The molecular weight excluding hydrogens is 240 g/mol. The minimum absolute atomic E-state index is 0.0465. The van der Waals surface area contributed by atoms with E-state index in [1.165, 1.54) is 6.42 Å². The molecule has 4 heteroatoms. The van der Waals surface area contributed by atoms with E-state index in [-0.39, 0.29) is 5.91 Å². The largest absolute Gasteiger partial charge is 0.464 e. The molecule has 1 aliphatic carbocycles. The Bertz CT molecular complexity index is 459. The molecule has 1 heterocycles. The van der Waals surface area contributed by atoms with Crippen molar-refractivity contribution in [3.8, 4) is 0 Å². The molecule has 4 nitrogen and oxygen atoms in total. The molecule has 1 aromatic rings. The highest BCUT2D eigenvalue weighted by Gasteiger charge is 2.36. The summed E-state index contributed by atoms with van der Waals surface area (Å²) in [6.07, 6.45) is 1.56. The van der Waals surface area contributed by atoms with Gasteiger partial charge in [-0.15, -0.1) is 0 Å². The van der Waals surface area contributed by atoms with Crippen molar-refractivity contribution in [2.45, 2.75) is 51.6 Å². The first-order chi connectivity index (χ1) is 8.76. The van der Waals surface area contributed by atoms with Crippen LogP contribution in [0.3, 0.4) is 0 Å². The van der Waals surface area contributed by atoms with Crippen molar-refractivity contribution in [1.29, 1.82) is 0 Å². The molecule has 2 rings (SSSR count). The van der Waals surface area contributed by atoms with Gasteiger partial charge in [0, 0.05) is 24.9 Å². The van der Waals surface area contributed by atoms with E-state index in [2.05, 4.69) is 6.92 Å². The fourth-order valence-electron chi connectivity index (χ4n) is 2.24. The molecule has 1 fully saturated rings. The Hall–Kier alpha value is -1.29. The summed E-state index contributed by atoms with van der Waals surface area (Å²) in [6, 6.07) is 4.01. The molecule has 0 saturated heterocycles. The number of rotatable bonds is 5. The molecule has 2 unspecified atom stereocenters. The van der Waals surface area contributed by atoms with Crippen molar-refractivity contribution in [2.75, 3.05) is 7.05 Å². The van der Waals surface area contributed by atoms with E-state index < -0.39 is 5.54 Å². The van der Waals surface area contributed by atoms with Gasteiger partial charge in [0.15, 0.2) is 0 Å². The number of hydrogen-bond acceptors (Lipinski definition) is 3. The Balaban J connectivity index is 1.89. The summed E-state index contributed by atoms with van der Waals surface area (Å²) in [4.78, 5) is 13.6. The number of carbonyl (C=O) groups is 1. The molecule has 2 atom stereocenters. The van der Waals surface area contributed by atoms with Crippen LogP contribution >= 0.6 is 0 Å². The average molecular weight is 264 g/mol. The molecule has 0 spiro atoms. The summed E-state index contributed by atoms with van der Waals surface area (Å²) >= 11 is 0. The van der Waals surface area contributed by atoms with E-state index in [0.29, 0.717) is 18.9 Å². The maximum atomic E-state index is 12.0. The van der Waals surface area contributed by atoms with Gasteiger partial charge in [-0.25, -0.2) is 0 Å². The number of amides is 1. The Morgan fingerprint density at radius 2 is 2.16 bits per heavy atom. The molecule has 0 aromatic carbocycles. The summed E-state index contributed by atoms with van der Waals surface area (Å²) in [6.45, 7) is 6.46. The van der Waals surface area contributed by atoms with Crippen LogP contribution in [0.15, 0.2) is 16.5 Å². The fourth-order valence-corrected chi connectivity index (χ4v) is 2.24. The molecule has 1 amide bonds. The third-order valence-corrected chi connectivity index (χ3v) is 3.58. The van der Waals surface area contributed by atoms with Crippen LogP contribution in [-0.2, 0) is 11.3 Å². The molecule has 0 radical (unpaired) electrons. The van der Waals surface area contributed by atoms with E-state index in [1.807, 2.05) is 26.0 Å². The molecule has 0 bridgehead atoms. The van der Waals surface area contributed by atoms with Crippen molar-refractivity contribution in [2.24, 2.45) is 11.7 Å². The zero-order chi connectivity index (χ0) is 14.2. The van der Waals surface area contributed by atoms with Crippen LogP contribution in [0.25, 0.3) is 0 Å². The normalized spacial score (nSPS) is 22.4. The van der Waals surface area contributed by atoms with Gasteiger partial charge >= 0.3 is 0 Å². The van der Waals surface area contributed by atoms with Gasteiger partial charge in [-0.2, -0.15) is 0 Å². The second-order valence-electron chi connectivity index (χ2n) is 6.54. The summed E-state index contributed by atoms with van der Waals surface area (Å²) in [5.41, 5.74) is 5.39. The summed E-state index contributed by atoms with van der Waals surface area (Å²) in [5.74, 6) is 3.27. The van der Waals surface area contributed by atoms with Crippen molar-refractivity contribution < 1.29 is 9.21 Å². The highest BCUT2D eigenvalue weighted by Crippen LogP contribution is 2.47. The lowest BCUT2D eigenvalue weighted by atomic mass is 10.0. The van der Waals surface area contributed by atoms with Crippen LogP contribution in [0, 0.1) is 5.92 Å². The standard InChI is InChI=1S/C15H24N2O2/c1-10-7-12(10)13-6-5-11(19-13)9-17(4)14(18)8-15(2,3)16/h5-6,10,12H,7-9,16H2,1-4H3. The lowest BCUT2D eigenvalue weighted by Gasteiger charge is -2.22. The summed E-state index contributed by atoms with van der Waals surface area (Å²) in [7, 11) is 1.79. The van der Waals surface area contributed by atoms with Gasteiger partial charge in [-0.05, 0) is 38.3 Å². The first-order valence-electron chi connectivity index (χ1n) is 6.88. The number of furan rings is 1. The molecule has 1 aliphatic rings. The SMILES string of the molecule is CC1CC1c1ccc(CN(C)C(=O)CC(C)(C)N)o1. The fraction of sp³-hybridized carbons (Fsp3) is 0.667. The molecule has 19 heavy (non-hydrogen) atoms. The van der Waals surface area contributed by atoms with Gasteiger partial charge in [-0.3, -0.25) is 4.79 Å². The minimum atomic E-state index is -0.469. The van der Waals surface area contributed by atoms with Crippen molar-refractivity contribution >= 4 is 5.91 Å². The molecule has 1 saturated carbocycles. The van der Waals surface area contributed by atoms with E-state index in [0.717, 1.165) is 17.4 Å². The lowest BCUT2D eigenvalue weighted by Crippen LogP contribution is -2.39. The Labute approximate surface area is 114 Å². The third-order valence-electron chi connectivity index (χ3n) is 3.58. The quantitative estimate of drug-likeness (QED) is 0.888. The smallest absolute Gasteiger partial charge is 0.224 e. The van der Waals surface area contributed by atoms with E-state index >= 15 is 0 Å². The van der Waals surface area contributed by atoms with Crippen LogP contribution in [0.5, 0.6) is 0 Å². The van der Waals surface area contributed by atoms with Crippen LogP contribution in [-0.4, -0.2) is 23.4 Å². The number of carbonyl (C=O) groups excluding carboxylic acids is 1. The molecule has 0 aliphatic heterocycles. The molecule has 2 N–H and O–H groups in total. The van der Waals surface area contributed by atoms with Crippen molar-refractivity contribution in [1.82, 2.24) is 4.90 Å². The maximum Gasteiger partial charge on any atom is 0.224 e. The second-order valence-corrected chi connectivity index (χ2v) is 6.54. The highest BCUT2D eigenvalue weighted by atomic mass is 16.3. The number of nitrogens with zero attached hydrogens (tertiary/aromatic N) is 1. The molecule has 1 aromatic heterocycles. The second kappa shape index (κ2) is 5.00. The third kappa shape index (κ3) is 3.83. The highest BCUT2D eigenvalue weighted by molar-refractivity contribution is 5.76. The first-order valence-corrected chi connectivity index (χ1v) is 6.88. The van der Waals surface area contributed by atoms with Crippen LogP contribution in [0.2, 0.25) is 0 Å². The predicted octanol–water partition coefficient (Wildman–Crippen LogP) is 2.49. The van der Waals surface area contributed by atoms with Crippen LogP contribution < -0.4 is 5.73 Å². The van der Waals surface area contributed by atoms with Crippen LogP contribution in [0.1, 0.15) is 51.1 Å². The molecular formula is C15H24N2O2. The zero-order valence-corrected chi connectivity index (χ0v) is 12.3. The zero-order valence-electron chi connectivity index (χ0n) is 12.3. The first kappa shape index (κ1) is 14.1. The summed E-state index contributed by atoms with van der Waals surface area (Å²) < 4.78 is 5.80. The van der Waals surface area contributed by atoms with E-state index in [4.69, 9.17) is 10.2 Å². The van der Waals surface area contributed by atoms with Gasteiger partial charge in [0.1, 0.15) is 11.5 Å². The van der Waals surface area contributed by atoms with Gasteiger partial charge in [0.25, 0.3) is 0 Å². The van der Waals surface area contributed by atoms with Crippen LogP contribution in [0.4, 0.5) is 0 Å². The van der Waals surface area contributed by atoms with Gasteiger partial charge in [0.05, 0.1) is 6.54 Å². The Kier molecular flexibility index (Phi) is 3.72. The predicted molar refractivity (Wildman–Crippen MR) is 74.6 cm³/mol. The molecule has 106 valence electrons. The Morgan fingerprint density at radius 3 is 2.68 bits per heavy atom. The topological polar surface area (TPSA) is 59.5 Å². The number of nitrogens with two attached hydrogens (primary N) is 1. The lowest BCUT2D eigenvalue weighted by molar-refractivity contribution is -0.131. The van der Waals surface area contributed by atoms with E-state index in [9.17, 15) is 4.79 Å². The van der Waals surface area contributed by atoms with Crippen molar-refractivity contribution in [3.63, 3.8) is 0 Å². The average Bonchev–Trinajstić information content (AvgIpc) is 2.82. The van der Waals surface area contributed by atoms with Crippen molar-refractivity contribution in [3.05, 3.63) is 23.7 Å². The van der Waals surface area contributed by atoms with Gasteiger partial charge in [0.2, 0.25) is 5.91 Å². The van der Waals surface area contributed by atoms with E-state index in [1.54, 1.807) is 11.9 Å².